The Morgan fingerprint density at radius 2 is 2.14 bits per heavy atom. The van der Waals surface area contributed by atoms with Crippen LogP contribution in [0.25, 0.3) is 0 Å². The molecule has 2 rings (SSSR count). The first-order valence-electron chi connectivity index (χ1n) is 7.31. The van der Waals surface area contributed by atoms with Gasteiger partial charge in [0.05, 0.1) is 25.0 Å². The average Bonchev–Trinajstić information content (AvgIpc) is 2.99. The fraction of sp³-hybridized carbons (Fsp3) is 0.471. The molecule has 0 N–H and O–H groups in total. The third-order valence-electron chi connectivity index (χ3n) is 3.60. The first-order valence-corrected chi connectivity index (χ1v) is 7.31. The lowest BCUT2D eigenvalue weighted by Crippen LogP contribution is -2.40. The number of nitrogens with zero attached hydrogens (tertiary/aromatic N) is 3. The van der Waals surface area contributed by atoms with E-state index in [9.17, 15) is 0 Å². The Hall–Kier alpha value is -1.81. The van der Waals surface area contributed by atoms with Crippen molar-refractivity contribution in [3.05, 3.63) is 54.3 Å². The number of hydrogen-bond acceptors (Lipinski definition) is 3. The smallest absolute Gasteiger partial charge is 0.117 e. The third kappa shape index (κ3) is 4.08. The number of aromatic nitrogens is 2. The van der Waals surface area contributed by atoms with E-state index in [1.54, 1.807) is 6.26 Å². The summed E-state index contributed by atoms with van der Waals surface area (Å²) in [5.74, 6) is 0.987. The predicted molar refractivity (Wildman–Crippen MR) is 84.9 cm³/mol. The highest BCUT2D eigenvalue weighted by Crippen LogP contribution is 2.22. The van der Waals surface area contributed by atoms with Crippen molar-refractivity contribution in [3.63, 3.8) is 0 Å². The van der Waals surface area contributed by atoms with E-state index in [1.165, 1.54) is 5.56 Å². The van der Waals surface area contributed by atoms with Gasteiger partial charge in [-0.2, -0.15) is 5.10 Å². The fourth-order valence-electron chi connectivity index (χ4n) is 2.27. The van der Waals surface area contributed by atoms with E-state index in [0.29, 0.717) is 0 Å². The Balaban J connectivity index is 2.16. The molecule has 0 aliphatic heterocycles. The summed E-state index contributed by atoms with van der Waals surface area (Å²) in [4.78, 5) is 2.40. The van der Waals surface area contributed by atoms with Gasteiger partial charge in [0.25, 0.3) is 0 Å². The molecule has 4 nitrogen and oxygen atoms in total. The summed E-state index contributed by atoms with van der Waals surface area (Å²) in [5.41, 5.74) is 2.38. The second kappa shape index (κ2) is 6.31. The van der Waals surface area contributed by atoms with E-state index in [0.717, 1.165) is 31.1 Å². The quantitative estimate of drug-likeness (QED) is 0.758. The van der Waals surface area contributed by atoms with E-state index in [4.69, 9.17) is 4.42 Å². The van der Waals surface area contributed by atoms with Crippen LogP contribution in [0, 0.1) is 6.92 Å². The minimum absolute atomic E-state index is 0.0553. The van der Waals surface area contributed by atoms with Crippen LogP contribution >= 0.6 is 0 Å². The molecule has 0 aliphatic carbocycles. The lowest BCUT2D eigenvalue weighted by Gasteiger charge is -2.34. The van der Waals surface area contributed by atoms with Gasteiger partial charge in [0.1, 0.15) is 5.76 Å². The number of allylic oxidation sites excluding steroid dienone is 1. The third-order valence-corrected chi connectivity index (χ3v) is 3.60. The number of rotatable bonds is 6. The molecule has 0 atom stereocenters. The average molecular weight is 287 g/mol. The Kier molecular flexibility index (Phi) is 4.68. The van der Waals surface area contributed by atoms with Gasteiger partial charge in [0.2, 0.25) is 0 Å². The molecule has 0 fully saturated rings. The highest BCUT2D eigenvalue weighted by atomic mass is 16.3. The van der Waals surface area contributed by atoms with E-state index in [-0.39, 0.29) is 5.54 Å². The zero-order valence-corrected chi connectivity index (χ0v) is 13.5. The topological polar surface area (TPSA) is 34.2 Å². The second-order valence-electron chi connectivity index (χ2n) is 6.36. The maximum absolute atomic E-state index is 5.50. The lowest BCUT2D eigenvalue weighted by molar-refractivity contribution is 0.108. The molecule has 0 aromatic carbocycles. The summed E-state index contributed by atoms with van der Waals surface area (Å²) < 4.78 is 7.43. The summed E-state index contributed by atoms with van der Waals surface area (Å²) >= 11 is 0. The van der Waals surface area contributed by atoms with Crippen molar-refractivity contribution in [1.29, 1.82) is 0 Å². The minimum atomic E-state index is 0.0553. The van der Waals surface area contributed by atoms with Gasteiger partial charge in [0, 0.05) is 23.8 Å². The fourth-order valence-corrected chi connectivity index (χ4v) is 2.27. The number of aryl methyl sites for hydroxylation is 1. The summed E-state index contributed by atoms with van der Waals surface area (Å²) in [6, 6.07) is 3.95. The molecule has 0 spiro atoms. The zero-order valence-electron chi connectivity index (χ0n) is 13.5. The standard InChI is InChI=1S/C17H25N3O/c1-6-9-20-12-15(14(2)18-20)11-19(17(3,4)5)13-16-8-7-10-21-16/h6-8,10,12H,1,9,11,13H2,2-5H3. The van der Waals surface area contributed by atoms with Crippen LogP contribution in [0.2, 0.25) is 0 Å². The highest BCUT2D eigenvalue weighted by Gasteiger charge is 2.23. The molecule has 114 valence electrons. The maximum Gasteiger partial charge on any atom is 0.117 e. The number of furan rings is 1. The molecule has 0 saturated carbocycles. The van der Waals surface area contributed by atoms with Gasteiger partial charge in [-0.25, -0.2) is 0 Å². The van der Waals surface area contributed by atoms with Crippen molar-refractivity contribution < 1.29 is 4.42 Å². The van der Waals surface area contributed by atoms with Gasteiger partial charge in [-0.3, -0.25) is 9.58 Å². The van der Waals surface area contributed by atoms with Crippen LogP contribution in [0.15, 0.2) is 41.7 Å². The molecule has 0 radical (unpaired) electrons. The summed E-state index contributed by atoms with van der Waals surface area (Å²) in [5, 5.41) is 4.53. The highest BCUT2D eigenvalue weighted by molar-refractivity contribution is 5.16. The van der Waals surface area contributed by atoms with Gasteiger partial charge in [-0.15, -0.1) is 6.58 Å². The SMILES string of the molecule is C=CCn1cc(CN(Cc2ccco2)C(C)(C)C)c(C)n1. The van der Waals surface area contributed by atoms with Crippen molar-refractivity contribution >= 4 is 0 Å². The molecule has 2 aromatic heterocycles. The maximum atomic E-state index is 5.50. The Bertz CT molecular complexity index is 576. The van der Waals surface area contributed by atoms with Crippen LogP contribution in [0.5, 0.6) is 0 Å². The van der Waals surface area contributed by atoms with E-state index >= 15 is 0 Å². The Morgan fingerprint density at radius 3 is 2.71 bits per heavy atom. The van der Waals surface area contributed by atoms with E-state index in [2.05, 4.69) is 50.5 Å². The van der Waals surface area contributed by atoms with E-state index in [1.807, 2.05) is 22.9 Å². The molecule has 0 amide bonds. The van der Waals surface area contributed by atoms with Crippen molar-refractivity contribution in [2.24, 2.45) is 0 Å². The molecule has 0 bridgehead atoms. The van der Waals surface area contributed by atoms with Crippen molar-refractivity contribution in [1.82, 2.24) is 14.7 Å². The van der Waals surface area contributed by atoms with Gasteiger partial charge in [0.15, 0.2) is 0 Å². The Labute approximate surface area is 127 Å². The molecule has 0 saturated heterocycles. The number of hydrogen-bond donors (Lipinski definition) is 0. The monoisotopic (exact) mass is 287 g/mol. The molecule has 0 aliphatic rings. The van der Waals surface area contributed by atoms with Crippen LogP contribution < -0.4 is 0 Å². The van der Waals surface area contributed by atoms with Crippen molar-refractivity contribution in [2.75, 3.05) is 0 Å². The molecular formula is C17H25N3O. The summed E-state index contributed by atoms with van der Waals surface area (Å²) in [6.07, 6.45) is 5.70. The minimum Gasteiger partial charge on any atom is -0.468 e. The molecule has 2 aromatic rings. The normalized spacial score (nSPS) is 12.0. The first-order chi connectivity index (χ1) is 9.90. The lowest BCUT2D eigenvalue weighted by atomic mass is 10.0. The largest absolute Gasteiger partial charge is 0.468 e. The van der Waals surface area contributed by atoms with Gasteiger partial charge in [-0.05, 0) is 39.8 Å². The molecule has 2 heterocycles. The van der Waals surface area contributed by atoms with Crippen molar-refractivity contribution in [2.45, 2.75) is 52.9 Å². The van der Waals surface area contributed by atoms with Crippen LogP contribution in [-0.2, 0) is 19.6 Å². The predicted octanol–water partition coefficient (Wildman–Crippen LogP) is 3.77. The first kappa shape index (κ1) is 15.6. The summed E-state index contributed by atoms with van der Waals surface area (Å²) in [7, 11) is 0. The van der Waals surface area contributed by atoms with Crippen LogP contribution in [-0.4, -0.2) is 20.2 Å². The molecule has 4 heteroatoms. The second-order valence-corrected chi connectivity index (χ2v) is 6.36. The molecule has 21 heavy (non-hydrogen) atoms. The molecule has 0 unspecified atom stereocenters. The summed E-state index contributed by atoms with van der Waals surface area (Å²) in [6.45, 7) is 14.9. The Morgan fingerprint density at radius 1 is 1.38 bits per heavy atom. The van der Waals surface area contributed by atoms with Crippen molar-refractivity contribution in [3.8, 4) is 0 Å². The molecular weight excluding hydrogens is 262 g/mol. The van der Waals surface area contributed by atoms with Gasteiger partial charge >= 0.3 is 0 Å². The van der Waals surface area contributed by atoms with Crippen LogP contribution in [0.1, 0.15) is 37.8 Å². The zero-order chi connectivity index (χ0) is 15.5. The van der Waals surface area contributed by atoms with Gasteiger partial charge in [-0.1, -0.05) is 6.08 Å². The van der Waals surface area contributed by atoms with Crippen LogP contribution in [0.3, 0.4) is 0 Å². The van der Waals surface area contributed by atoms with Gasteiger partial charge < -0.3 is 4.42 Å². The van der Waals surface area contributed by atoms with E-state index < -0.39 is 0 Å². The van der Waals surface area contributed by atoms with Crippen LogP contribution in [0.4, 0.5) is 0 Å².